The summed E-state index contributed by atoms with van der Waals surface area (Å²) in [6.07, 6.45) is 0.473. The summed E-state index contributed by atoms with van der Waals surface area (Å²) in [4.78, 5) is 10.6. The molecule has 0 saturated heterocycles. The number of hydrogen-bond donors (Lipinski definition) is 2. The van der Waals surface area contributed by atoms with E-state index in [0.29, 0.717) is 25.2 Å². The first-order chi connectivity index (χ1) is 9.27. The quantitative estimate of drug-likeness (QED) is 0.742. The molecule has 0 unspecified atom stereocenters. The number of benzene rings is 1. The first-order valence-corrected chi connectivity index (χ1v) is 7.11. The Morgan fingerprint density at radius 1 is 1.40 bits per heavy atom. The molecule has 0 radical (unpaired) electrons. The number of methoxy groups -OCH3 is 1. The summed E-state index contributed by atoms with van der Waals surface area (Å²) in [5.41, 5.74) is -0.716. The number of carbonyl (C=O) groups is 1. The SMILES string of the molecule is COCCCNC(=O)c1cc(F)cc(S(N)(=O)=O)c1F. The molecule has 112 valence electrons. The van der Waals surface area contributed by atoms with Crippen LogP contribution in [-0.4, -0.2) is 34.6 Å². The predicted molar refractivity (Wildman–Crippen MR) is 66.6 cm³/mol. The normalized spacial score (nSPS) is 11.4. The van der Waals surface area contributed by atoms with Gasteiger partial charge >= 0.3 is 0 Å². The maximum absolute atomic E-state index is 13.9. The van der Waals surface area contributed by atoms with Gasteiger partial charge < -0.3 is 10.1 Å². The minimum atomic E-state index is -4.46. The van der Waals surface area contributed by atoms with Crippen LogP contribution in [0.4, 0.5) is 8.78 Å². The molecule has 9 heteroatoms. The smallest absolute Gasteiger partial charge is 0.254 e. The lowest BCUT2D eigenvalue weighted by atomic mass is 10.2. The van der Waals surface area contributed by atoms with Crippen molar-refractivity contribution in [2.24, 2.45) is 5.14 Å². The van der Waals surface area contributed by atoms with Crippen LogP contribution < -0.4 is 10.5 Å². The number of halogens is 2. The Balaban J connectivity index is 3.01. The second kappa shape index (κ2) is 6.73. The highest BCUT2D eigenvalue weighted by Gasteiger charge is 2.23. The number of rotatable bonds is 6. The molecular weight excluding hydrogens is 294 g/mol. The van der Waals surface area contributed by atoms with Crippen LogP contribution in [-0.2, 0) is 14.8 Å². The molecule has 0 heterocycles. The lowest BCUT2D eigenvalue weighted by Crippen LogP contribution is -2.27. The molecule has 1 aromatic rings. The molecule has 0 saturated carbocycles. The number of nitrogens with two attached hydrogens (primary N) is 1. The van der Waals surface area contributed by atoms with Gasteiger partial charge in [0.15, 0.2) is 5.82 Å². The Morgan fingerprint density at radius 3 is 2.60 bits per heavy atom. The molecule has 6 nitrogen and oxygen atoms in total. The fraction of sp³-hybridized carbons (Fsp3) is 0.364. The van der Waals surface area contributed by atoms with Crippen molar-refractivity contribution in [3.05, 3.63) is 29.3 Å². The molecule has 0 fully saturated rings. The molecular formula is C11H14F2N2O4S. The van der Waals surface area contributed by atoms with Gasteiger partial charge in [0.25, 0.3) is 5.91 Å². The van der Waals surface area contributed by atoms with E-state index in [0.717, 1.165) is 0 Å². The molecule has 0 aliphatic carbocycles. The number of sulfonamides is 1. The number of amides is 1. The summed E-state index contributed by atoms with van der Waals surface area (Å²) in [5.74, 6) is -3.38. The Labute approximate surface area is 115 Å². The molecule has 3 N–H and O–H groups in total. The maximum atomic E-state index is 13.9. The van der Waals surface area contributed by atoms with Crippen LogP contribution in [0.1, 0.15) is 16.8 Å². The largest absolute Gasteiger partial charge is 0.385 e. The fourth-order valence-corrected chi connectivity index (χ4v) is 2.09. The zero-order valence-corrected chi connectivity index (χ0v) is 11.5. The average molecular weight is 308 g/mol. The highest BCUT2D eigenvalue weighted by molar-refractivity contribution is 7.89. The molecule has 0 bridgehead atoms. The third kappa shape index (κ3) is 4.22. The summed E-state index contributed by atoms with van der Waals surface area (Å²) >= 11 is 0. The fourth-order valence-electron chi connectivity index (χ4n) is 1.45. The minimum Gasteiger partial charge on any atom is -0.385 e. The van der Waals surface area contributed by atoms with Gasteiger partial charge in [-0.2, -0.15) is 0 Å². The first-order valence-electron chi connectivity index (χ1n) is 5.56. The maximum Gasteiger partial charge on any atom is 0.254 e. The average Bonchev–Trinajstić information content (AvgIpc) is 2.35. The van der Waals surface area contributed by atoms with Crippen molar-refractivity contribution in [3.63, 3.8) is 0 Å². The molecule has 0 aliphatic heterocycles. The van der Waals surface area contributed by atoms with E-state index >= 15 is 0 Å². The van der Waals surface area contributed by atoms with Gasteiger partial charge in [0.2, 0.25) is 10.0 Å². The van der Waals surface area contributed by atoms with E-state index in [-0.39, 0.29) is 6.54 Å². The van der Waals surface area contributed by atoms with Crippen molar-refractivity contribution in [3.8, 4) is 0 Å². The van der Waals surface area contributed by atoms with E-state index in [4.69, 9.17) is 9.88 Å². The van der Waals surface area contributed by atoms with E-state index in [2.05, 4.69) is 5.32 Å². The van der Waals surface area contributed by atoms with Crippen LogP contribution in [0.2, 0.25) is 0 Å². The highest BCUT2D eigenvalue weighted by atomic mass is 32.2. The monoisotopic (exact) mass is 308 g/mol. The zero-order chi connectivity index (χ0) is 15.3. The third-order valence-electron chi connectivity index (χ3n) is 2.37. The second-order valence-electron chi connectivity index (χ2n) is 3.91. The molecule has 20 heavy (non-hydrogen) atoms. The Hall–Kier alpha value is -1.58. The van der Waals surface area contributed by atoms with Crippen LogP contribution in [0, 0.1) is 11.6 Å². The van der Waals surface area contributed by atoms with E-state index in [1.54, 1.807) is 0 Å². The Kier molecular flexibility index (Phi) is 5.54. The van der Waals surface area contributed by atoms with Gasteiger partial charge in [-0.15, -0.1) is 0 Å². The van der Waals surface area contributed by atoms with Gasteiger partial charge in [0.1, 0.15) is 10.7 Å². The lowest BCUT2D eigenvalue weighted by molar-refractivity contribution is 0.0943. The van der Waals surface area contributed by atoms with Crippen molar-refractivity contribution in [1.29, 1.82) is 0 Å². The van der Waals surface area contributed by atoms with E-state index in [1.165, 1.54) is 7.11 Å². The van der Waals surface area contributed by atoms with Crippen LogP contribution in [0.25, 0.3) is 0 Å². The lowest BCUT2D eigenvalue weighted by Gasteiger charge is -2.08. The number of primary sulfonamides is 1. The number of ether oxygens (including phenoxy) is 1. The molecule has 1 amide bonds. The van der Waals surface area contributed by atoms with Crippen molar-refractivity contribution < 1.29 is 26.7 Å². The molecule has 0 aromatic heterocycles. The summed E-state index contributed by atoms with van der Waals surface area (Å²) in [6.45, 7) is 0.557. The Bertz CT molecular complexity index is 605. The zero-order valence-electron chi connectivity index (χ0n) is 10.7. The molecule has 1 rings (SSSR count). The van der Waals surface area contributed by atoms with Crippen LogP contribution in [0.3, 0.4) is 0 Å². The van der Waals surface area contributed by atoms with Gasteiger partial charge in [-0.25, -0.2) is 22.3 Å². The molecule has 1 aromatic carbocycles. The van der Waals surface area contributed by atoms with Crippen LogP contribution in [0.15, 0.2) is 17.0 Å². The van der Waals surface area contributed by atoms with Gasteiger partial charge in [0.05, 0.1) is 5.56 Å². The van der Waals surface area contributed by atoms with Crippen molar-refractivity contribution >= 4 is 15.9 Å². The number of nitrogens with one attached hydrogen (secondary N) is 1. The van der Waals surface area contributed by atoms with Gasteiger partial charge in [-0.05, 0) is 18.6 Å². The second-order valence-corrected chi connectivity index (χ2v) is 5.44. The molecule has 0 spiro atoms. The minimum absolute atomic E-state index is 0.174. The topological polar surface area (TPSA) is 98.5 Å². The van der Waals surface area contributed by atoms with Crippen LogP contribution >= 0.6 is 0 Å². The Morgan fingerprint density at radius 2 is 2.05 bits per heavy atom. The first kappa shape index (κ1) is 16.5. The standard InChI is InChI=1S/C11H14F2N2O4S/c1-19-4-2-3-15-11(16)8-5-7(12)6-9(10(8)13)20(14,17)18/h5-6H,2-4H2,1H3,(H,15,16)(H2,14,17,18). The molecule has 0 aliphatic rings. The summed E-state index contributed by atoms with van der Waals surface area (Å²) < 4.78 is 54.1. The van der Waals surface area contributed by atoms with E-state index in [1.807, 2.05) is 0 Å². The van der Waals surface area contributed by atoms with Gasteiger partial charge in [-0.1, -0.05) is 0 Å². The number of carbonyl (C=O) groups excluding carboxylic acids is 1. The van der Waals surface area contributed by atoms with E-state index < -0.39 is 38.0 Å². The molecule has 0 atom stereocenters. The predicted octanol–water partition coefficient (Wildman–Crippen LogP) is 0.379. The highest BCUT2D eigenvalue weighted by Crippen LogP contribution is 2.19. The van der Waals surface area contributed by atoms with Crippen molar-refractivity contribution in [1.82, 2.24) is 5.32 Å². The van der Waals surface area contributed by atoms with Crippen LogP contribution in [0.5, 0.6) is 0 Å². The van der Waals surface area contributed by atoms with Crippen molar-refractivity contribution in [2.45, 2.75) is 11.3 Å². The van der Waals surface area contributed by atoms with Gasteiger partial charge in [0, 0.05) is 20.3 Å². The van der Waals surface area contributed by atoms with Gasteiger partial charge in [-0.3, -0.25) is 4.79 Å². The third-order valence-corrected chi connectivity index (χ3v) is 3.28. The van der Waals surface area contributed by atoms with Crippen molar-refractivity contribution in [2.75, 3.05) is 20.3 Å². The number of hydrogen-bond acceptors (Lipinski definition) is 4. The van der Waals surface area contributed by atoms with E-state index in [9.17, 15) is 22.0 Å². The summed E-state index contributed by atoms with van der Waals surface area (Å²) in [5, 5.41) is 7.07. The summed E-state index contributed by atoms with van der Waals surface area (Å²) in [7, 11) is -2.98. The summed E-state index contributed by atoms with van der Waals surface area (Å²) in [6, 6.07) is 1.03.